The zero-order valence-electron chi connectivity index (χ0n) is 19.0. The summed E-state index contributed by atoms with van der Waals surface area (Å²) in [5.74, 6) is -0.707. The van der Waals surface area contributed by atoms with Gasteiger partial charge in [0.1, 0.15) is 6.10 Å². The third-order valence-electron chi connectivity index (χ3n) is 6.57. The van der Waals surface area contributed by atoms with Crippen LogP contribution in [0.1, 0.15) is 69.7 Å². The van der Waals surface area contributed by atoms with Crippen molar-refractivity contribution in [3.63, 3.8) is 0 Å². The lowest BCUT2D eigenvalue weighted by Gasteiger charge is -2.40. The van der Waals surface area contributed by atoms with Crippen molar-refractivity contribution in [1.29, 1.82) is 0 Å². The second-order valence-electron chi connectivity index (χ2n) is 9.47. The van der Waals surface area contributed by atoms with Crippen molar-refractivity contribution >= 4 is 29.3 Å². The first kappa shape index (κ1) is 24.2. The number of hydrogen-bond acceptors (Lipinski definition) is 5. The highest BCUT2D eigenvalue weighted by atomic mass is 35.5. The fourth-order valence-electron chi connectivity index (χ4n) is 4.57. The molecule has 0 unspecified atom stereocenters. The van der Waals surface area contributed by atoms with Crippen LogP contribution in [0.25, 0.3) is 0 Å². The van der Waals surface area contributed by atoms with Crippen molar-refractivity contribution in [3.05, 3.63) is 58.7 Å². The Morgan fingerprint density at radius 2 is 1.84 bits per heavy atom. The highest BCUT2D eigenvalue weighted by molar-refractivity contribution is 6.30. The molecule has 0 radical (unpaired) electrons. The Kier molecular flexibility index (Phi) is 7.60. The van der Waals surface area contributed by atoms with Gasteiger partial charge in [0.15, 0.2) is 11.9 Å². The van der Waals surface area contributed by atoms with E-state index in [9.17, 15) is 14.4 Å². The maximum atomic E-state index is 13.0. The van der Waals surface area contributed by atoms with Crippen LogP contribution in [0.15, 0.2) is 48.1 Å². The summed E-state index contributed by atoms with van der Waals surface area (Å²) in [7, 11) is 0. The smallest absolute Gasteiger partial charge is 0.338 e. The molecule has 1 aliphatic carbocycles. The van der Waals surface area contributed by atoms with Crippen molar-refractivity contribution in [1.82, 2.24) is 0 Å². The topological polar surface area (TPSA) is 69.7 Å². The van der Waals surface area contributed by atoms with Gasteiger partial charge in [-0.1, -0.05) is 43.2 Å². The quantitative estimate of drug-likeness (QED) is 0.410. The van der Waals surface area contributed by atoms with E-state index in [0.29, 0.717) is 29.0 Å². The summed E-state index contributed by atoms with van der Waals surface area (Å²) in [6, 6.07) is 6.51. The van der Waals surface area contributed by atoms with Gasteiger partial charge in [0.25, 0.3) is 0 Å². The number of carbonyl (C=O) groups is 3. The minimum Gasteiger partial charge on any atom is -0.454 e. The zero-order valence-corrected chi connectivity index (χ0v) is 19.7. The normalized spacial score (nSPS) is 28.3. The van der Waals surface area contributed by atoms with Crippen molar-refractivity contribution in [2.24, 2.45) is 11.3 Å². The Hall–Kier alpha value is -2.40. The Morgan fingerprint density at radius 3 is 2.53 bits per heavy atom. The lowest BCUT2D eigenvalue weighted by molar-refractivity contribution is -0.163. The number of esters is 2. The van der Waals surface area contributed by atoms with Crippen LogP contribution in [0.2, 0.25) is 5.02 Å². The van der Waals surface area contributed by atoms with E-state index in [2.05, 4.69) is 6.58 Å². The summed E-state index contributed by atoms with van der Waals surface area (Å²) in [5.41, 5.74) is 1.52. The molecule has 2 bridgehead atoms. The Morgan fingerprint density at radius 1 is 1.16 bits per heavy atom. The fourth-order valence-corrected chi connectivity index (χ4v) is 4.70. The molecule has 5 nitrogen and oxygen atoms in total. The van der Waals surface area contributed by atoms with Gasteiger partial charge in [0.2, 0.25) is 0 Å². The first-order valence-electron chi connectivity index (χ1n) is 11.1. The molecule has 2 aliphatic heterocycles. The molecule has 1 fully saturated rings. The van der Waals surface area contributed by atoms with E-state index in [1.54, 1.807) is 37.3 Å². The van der Waals surface area contributed by atoms with E-state index >= 15 is 0 Å². The van der Waals surface area contributed by atoms with Crippen LogP contribution >= 0.6 is 11.6 Å². The van der Waals surface area contributed by atoms with Gasteiger partial charge in [-0.25, -0.2) is 4.79 Å². The minimum atomic E-state index is -0.689. The summed E-state index contributed by atoms with van der Waals surface area (Å²) in [4.78, 5) is 38.1. The summed E-state index contributed by atoms with van der Waals surface area (Å²) < 4.78 is 11.3. The van der Waals surface area contributed by atoms with E-state index in [-0.39, 0.29) is 18.1 Å². The van der Waals surface area contributed by atoms with Gasteiger partial charge in [0.05, 0.1) is 12.0 Å². The molecule has 0 saturated heterocycles. The maximum Gasteiger partial charge on any atom is 0.338 e. The van der Waals surface area contributed by atoms with E-state index in [0.717, 1.165) is 24.8 Å². The first-order valence-corrected chi connectivity index (χ1v) is 11.5. The van der Waals surface area contributed by atoms with Crippen LogP contribution in [0.5, 0.6) is 0 Å². The standard InChI is InChI=1S/C26H31ClO5/c1-16-5-8-19-9-12-22(24(29)26(19,3)4)32-23(28)15-17(2)14-21(13-16)31-25(30)18-6-10-20(27)11-7-18/h6-7,10-11,14,19,21-22H,1,5,8-9,12-13,15H2,2-4H3/b17-14+/t19-,21+,22+/m1/s1. The van der Waals surface area contributed by atoms with Crippen molar-refractivity contribution in [3.8, 4) is 0 Å². The SMILES string of the molecule is C=C1CC[C@@H]2CC[C@H](OC(=O)C/C(C)=C/[C@@H](OC(=O)c3ccc(Cl)cc3)C1)C(=O)C2(C)C. The fraction of sp³-hybridized carbons (Fsp3) is 0.500. The molecule has 1 saturated carbocycles. The van der Waals surface area contributed by atoms with Gasteiger partial charge in [0, 0.05) is 16.9 Å². The van der Waals surface area contributed by atoms with Crippen molar-refractivity contribution in [2.45, 2.75) is 71.5 Å². The molecule has 172 valence electrons. The van der Waals surface area contributed by atoms with E-state index in [4.69, 9.17) is 21.1 Å². The molecule has 0 amide bonds. The van der Waals surface area contributed by atoms with Gasteiger partial charge in [-0.2, -0.15) is 0 Å². The predicted octanol–water partition coefficient (Wildman–Crippen LogP) is 5.86. The molecule has 4 rings (SSSR count). The number of ether oxygens (including phenoxy) is 2. The average molecular weight is 459 g/mol. The third kappa shape index (κ3) is 5.89. The number of Topliss-reactive ketones (excluding diaryl/α,β-unsaturated/α-hetero) is 1. The number of rotatable bonds is 2. The molecule has 3 aliphatic rings. The first-order chi connectivity index (χ1) is 15.1. The maximum absolute atomic E-state index is 13.0. The Balaban J connectivity index is 1.81. The predicted molar refractivity (Wildman–Crippen MR) is 123 cm³/mol. The highest BCUT2D eigenvalue weighted by Gasteiger charge is 2.45. The lowest BCUT2D eigenvalue weighted by Crippen LogP contribution is -2.46. The second kappa shape index (κ2) is 10.0. The molecule has 3 atom stereocenters. The van der Waals surface area contributed by atoms with Crippen molar-refractivity contribution in [2.75, 3.05) is 0 Å². The van der Waals surface area contributed by atoms with Gasteiger partial charge < -0.3 is 9.47 Å². The van der Waals surface area contributed by atoms with E-state index in [1.807, 2.05) is 13.8 Å². The van der Waals surface area contributed by atoms with Crippen LogP contribution in [0, 0.1) is 11.3 Å². The van der Waals surface area contributed by atoms with Crippen LogP contribution < -0.4 is 0 Å². The van der Waals surface area contributed by atoms with E-state index < -0.39 is 29.6 Å². The van der Waals surface area contributed by atoms with Gasteiger partial charge in [-0.3, -0.25) is 9.59 Å². The van der Waals surface area contributed by atoms with Gasteiger partial charge in [-0.15, -0.1) is 0 Å². The molecule has 1 aromatic carbocycles. The lowest BCUT2D eigenvalue weighted by atomic mass is 9.65. The minimum absolute atomic E-state index is 0.00109. The average Bonchev–Trinajstić information content (AvgIpc) is 2.70. The van der Waals surface area contributed by atoms with Gasteiger partial charge in [-0.05, 0) is 68.9 Å². The summed E-state index contributed by atoms with van der Waals surface area (Å²) >= 11 is 5.90. The molecule has 0 aromatic heterocycles. The van der Waals surface area contributed by atoms with Crippen LogP contribution in [0.4, 0.5) is 0 Å². The van der Waals surface area contributed by atoms with Crippen LogP contribution in [-0.4, -0.2) is 29.9 Å². The number of ketones is 1. The zero-order chi connectivity index (χ0) is 23.5. The molecule has 6 heteroatoms. The number of carbonyl (C=O) groups excluding carboxylic acids is 3. The molecule has 1 aromatic rings. The molecule has 2 heterocycles. The number of hydrogen-bond donors (Lipinski definition) is 0. The van der Waals surface area contributed by atoms with E-state index in [1.165, 1.54) is 0 Å². The molecule has 0 spiro atoms. The third-order valence-corrected chi connectivity index (χ3v) is 6.82. The number of halogens is 1. The largest absolute Gasteiger partial charge is 0.454 e. The van der Waals surface area contributed by atoms with Crippen molar-refractivity contribution < 1.29 is 23.9 Å². The highest BCUT2D eigenvalue weighted by Crippen LogP contribution is 2.42. The summed E-state index contributed by atoms with van der Waals surface area (Å²) in [6.45, 7) is 9.87. The van der Waals surface area contributed by atoms with Gasteiger partial charge >= 0.3 is 11.9 Å². The summed E-state index contributed by atoms with van der Waals surface area (Å²) in [6.07, 6.45) is 3.98. The molecular weight excluding hydrogens is 428 g/mol. The second-order valence-corrected chi connectivity index (χ2v) is 9.91. The van der Waals surface area contributed by atoms with Crippen LogP contribution in [-0.2, 0) is 19.1 Å². The van der Waals surface area contributed by atoms with Crippen LogP contribution in [0.3, 0.4) is 0 Å². The Labute approximate surface area is 194 Å². The number of fused-ring (bicyclic) bond motifs is 10. The molecule has 0 N–H and O–H groups in total. The molecule has 32 heavy (non-hydrogen) atoms. The molecular formula is C26H31ClO5. The summed E-state index contributed by atoms with van der Waals surface area (Å²) in [5, 5.41) is 0.540. The monoisotopic (exact) mass is 458 g/mol. The Bertz CT molecular complexity index is 928. The number of benzene rings is 1.